The van der Waals surface area contributed by atoms with Crippen molar-refractivity contribution in [3.63, 3.8) is 0 Å². The van der Waals surface area contributed by atoms with Gasteiger partial charge < -0.3 is 5.11 Å². The lowest BCUT2D eigenvalue weighted by molar-refractivity contribution is -0.138. The quantitative estimate of drug-likeness (QED) is 0.673. The molecule has 2 aromatic carbocycles. The first kappa shape index (κ1) is 19.0. The number of thioether (sulfide) groups is 1. The summed E-state index contributed by atoms with van der Waals surface area (Å²) < 4.78 is 27.6. The van der Waals surface area contributed by atoms with Crippen LogP contribution in [0.15, 0.2) is 64.0 Å². The van der Waals surface area contributed by atoms with E-state index in [1.807, 2.05) is 30.3 Å². The van der Waals surface area contributed by atoms with E-state index >= 15 is 0 Å². The molecule has 0 saturated heterocycles. The molecule has 128 valence electrons. The molecule has 0 aromatic heterocycles. The summed E-state index contributed by atoms with van der Waals surface area (Å²) in [6.45, 7) is 0. The number of halogens is 1. The Bertz CT molecular complexity index is 779. The first-order valence-corrected chi connectivity index (χ1v) is 10.4. The molecule has 1 atom stereocenters. The minimum absolute atomic E-state index is 0.0324. The lowest BCUT2D eigenvalue weighted by Gasteiger charge is -2.14. The zero-order valence-corrected chi connectivity index (χ0v) is 15.8. The standard InChI is InChI=1S/C16H16BrNO4S2/c17-13-6-8-14(9-7-13)24(21,22)18-15(16(19)20)11-23-10-12-4-2-1-3-5-12/h1-9,15,18H,10-11H2,(H,19,20). The Balaban J connectivity index is 2.00. The first-order valence-electron chi connectivity index (χ1n) is 7.01. The van der Waals surface area contributed by atoms with Crippen LogP contribution in [-0.4, -0.2) is 31.3 Å². The van der Waals surface area contributed by atoms with Gasteiger partial charge in [0, 0.05) is 16.0 Å². The van der Waals surface area contributed by atoms with Crippen LogP contribution in [0.1, 0.15) is 5.56 Å². The summed E-state index contributed by atoms with van der Waals surface area (Å²) in [6.07, 6.45) is 0. The Kier molecular flexibility index (Phi) is 6.85. The summed E-state index contributed by atoms with van der Waals surface area (Å²) >= 11 is 4.60. The number of hydrogen-bond donors (Lipinski definition) is 2. The van der Waals surface area contributed by atoms with Gasteiger partial charge in [-0.25, -0.2) is 8.42 Å². The van der Waals surface area contributed by atoms with Crippen molar-refractivity contribution in [3.8, 4) is 0 Å². The molecule has 0 aliphatic carbocycles. The first-order chi connectivity index (χ1) is 11.4. The second kappa shape index (κ2) is 8.66. The van der Waals surface area contributed by atoms with Crippen LogP contribution in [0.3, 0.4) is 0 Å². The molecule has 8 heteroatoms. The Morgan fingerprint density at radius 3 is 2.33 bits per heavy atom. The van der Waals surface area contributed by atoms with Gasteiger partial charge in [-0.2, -0.15) is 16.5 Å². The van der Waals surface area contributed by atoms with Crippen molar-refractivity contribution in [2.24, 2.45) is 0 Å². The number of hydrogen-bond acceptors (Lipinski definition) is 4. The van der Waals surface area contributed by atoms with Crippen molar-refractivity contribution in [1.29, 1.82) is 0 Å². The Hall–Kier alpha value is -1.35. The van der Waals surface area contributed by atoms with Crippen LogP contribution in [0, 0.1) is 0 Å². The van der Waals surface area contributed by atoms with Crippen LogP contribution < -0.4 is 4.72 Å². The van der Waals surface area contributed by atoms with Crippen LogP contribution in [-0.2, 0) is 20.6 Å². The minimum atomic E-state index is -3.88. The van der Waals surface area contributed by atoms with E-state index in [0.717, 1.165) is 10.0 Å². The fraction of sp³-hybridized carbons (Fsp3) is 0.188. The number of benzene rings is 2. The van der Waals surface area contributed by atoms with E-state index < -0.39 is 22.0 Å². The normalized spacial score (nSPS) is 12.7. The van der Waals surface area contributed by atoms with E-state index in [1.54, 1.807) is 12.1 Å². The van der Waals surface area contributed by atoms with Crippen LogP contribution in [0.25, 0.3) is 0 Å². The van der Waals surface area contributed by atoms with Crippen LogP contribution in [0.5, 0.6) is 0 Å². The van der Waals surface area contributed by atoms with Gasteiger partial charge in [0.2, 0.25) is 10.0 Å². The zero-order valence-electron chi connectivity index (χ0n) is 12.6. The largest absolute Gasteiger partial charge is 0.480 e. The van der Waals surface area contributed by atoms with Gasteiger partial charge in [-0.05, 0) is 29.8 Å². The molecule has 5 nitrogen and oxygen atoms in total. The third-order valence-electron chi connectivity index (χ3n) is 3.12. The molecular formula is C16H16BrNO4S2. The maximum absolute atomic E-state index is 12.3. The van der Waals surface area contributed by atoms with E-state index in [2.05, 4.69) is 20.7 Å². The second-order valence-corrected chi connectivity index (χ2v) is 8.63. The predicted octanol–water partition coefficient (Wildman–Crippen LogP) is 3.11. The fourth-order valence-electron chi connectivity index (χ4n) is 1.89. The molecule has 0 amide bonds. The summed E-state index contributed by atoms with van der Waals surface area (Å²) in [6, 6.07) is 14.4. The molecule has 2 N–H and O–H groups in total. The summed E-state index contributed by atoms with van der Waals surface area (Å²) in [5.41, 5.74) is 1.06. The molecule has 0 spiro atoms. The average Bonchev–Trinajstić information content (AvgIpc) is 2.55. The van der Waals surface area contributed by atoms with Gasteiger partial charge in [-0.1, -0.05) is 46.3 Å². The third kappa shape index (κ3) is 5.62. The highest BCUT2D eigenvalue weighted by Gasteiger charge is 2.25. The molecule has 0 fully saturated rings. The Morgan fingerprint density at radius 1 is 1.12 bits per heavy atom. The van der Waals surface area contributed by atoms with Crippen molar-refractivity contribution >= 4 is 43.7 Å². The fourth-order valence-corrected chi connectivity index (χ4v) is 4.46. The van der Waals surface area contributed by atoms with Crippen LogP contribution in [0.2, 0.25) is 0 Å². The van der Waals surface area contributed by atoms with Gasteiger partial charge in [0.25, 0.3) is 0 Å². The van der Waals surface area contributed by atoms with E-state index in [4.69, 9.17) is 0 Å². The summed E-state index contributed by atoms with van der Waals surface area (Å²) in [4.78, 5) is 11.4. The topological polar surface area (TPSA) is 83.5 Å². The molecule has 0 aliphatic rings. The lowest BCUT2D eigenvalue weighted by atomic mass is 10.2. The molecule has 2 aromatic rings. The van der Waals surface area contributed by atoms with Gasteiger partial charge in [0.15, 0.2) is 0 Å². The smallest absolute Gasteiger partial charge is 0.322 e. The molecule has 0 bridgehead atoms. The average molecular weight is 430 g/mol. The summed E-state index contributed by atoms with van der Waals surface area (Å²) in [5.74, 6) is -0.443. The van der Waals surface area contributed by atoms with E-state index in [9.17, 15) is 18.3 Å². The van der Waals surface area contributed by atoms with Gasteiger partial charge in [-0.15, -0.1) is 0 Å². The number of rotatable bonds is 8. The maximum Gasteiger partial charge on any atom is 0.322 e. The molecular weight excluding hydrogens is 414 g/mol. The van der Waals surface area contributed by atoms with Gasteiger partial charge in [0.1, 0.15) is 6.04 Å². The lowest BCUT2D eigenvalue weighted by Crippen LogP contribution is -2.42. The monoisotopic (exact) mass is 429 g/mol. The number of aliphatic carboxylic acids is 1. The number of carboxylic acid groups (broad SMARTS) is 1. The SMILES string of the molecule is O=C(O)C(CSCc1ccccc1)NS(=O)(=O)c1ccc(Br)cc1. The van der Waals surface area contributed by atoms with Crippen molar-refractivity contribution < 1.29 is 18.3 Å². The molecule has 0 heterocycles. The number of carbonyl (C=O) groups is 1. The van der Waals surface area contributed by atoms with Crippen molar-refractivity contribution in [2.75, 3.05) is 5.75 Å². The van der Waals surface area contributed by atoms with Crippen LogP contribution >= 0.6 is 27.7 Å². The number of carboxylic acids is 1. The van der Waals surface area contributed by atoms with Crippen molar-refractivity contribution in [3.05, 3.63) is 64.6 Å². The molecule has 0 saturated carbocycles. The molecule has 24 heavy (non-hydrogen) atoms. The van der Waals surface area contributed by atoms with E-state index in [0.29, 0.717) is 5.75 Å². The highest BCUT2D eigenvalue weighted by Crippen LogP contribution is 2.17. The Morgan fingerprint density at radius 2 is 1.75 bits per heavy atom. The van der Waals surface area contributed by atoms with Crippen molar-refractivity contribution in [1.82, 2.24) is 4.72 Å². The second-order valence-electron chi connectivity index (χ2n) is 4.97. The van der Waals surface area contributed by atoms with Crippen LogP contribution in [0.4, 0.5) is 0 Å². The maximum atomic E-state index is 12.3. The van der Waals surface area contributed by atoms with Gasteiger partial charge in [-0.3, -0.25) is 4.79 Å². The molecule has 1 unspecified atom stereocenters. The highest BCUT2D eigenvalue weighted by molar-refractivity contribution is 9.10. The number of nitrogens with one attached hydrogen (secondary N) is 1. The highest BCUT2D eigenvalue weighted by atomic mass is 79.9. The number of sulfonamides is 1. The summed E-state index contributed by atoms with van der Waals surface area (Å²) in [7, 11) is -3.88. The molecule has 2 rings (SSSR count). The van der Waals surface area contributed by atoms with Crippen molar-refractivity contribution in [2.45, 2.75) is 16.7 Å². The molecule has 0 aliphatic heterocycles. The van der Waals surface area contributed by atoms with Gasteiger partial charge in [0.05, 0.1) is 4.90 Å². The summed E-state index contributed by atoms with van der Waals surface area (Å²) in [5, 5.41) is 9.28. The minimum Gasteiger partial charge on any atom is -0.480 e. The predicted molar refractivity (Wildman–Crippen MR) is 98.5 cm³/mol. The van der Waals surface area contributed by atoms with E-state index in [1.165, 1.54) is 23.9 Å². The van der Waals surface area contributed by atoms with Gasteiger partial charge >= 0.3 is 5.97 Å². The Labute approximate surface area is 153 Å². The third-order valence-corrected chi connectivity index (χ3v) is 6.24. The molecule has 0 radical (unpaired) electrons. The zero-order chi connectivity index (χ0) is 17.6. The van der Waals surface area contributed by atoms with E-state index in [-0.39, 0.29) is 10.6 Å².